The smallest absolute Gasteiger partial charge is 0.140 e. The summed E-state index contributed by atoms with van der Waals surface area (Å²) in [5.74, 6) is 1.30. The topological polar surface area (TPSA) is 44.5 Å². The van der Waals surface area contributed by atoms with Crippen LogP contribution in [0.1, 0.15) is 18.6 Å². The van der Waals surface area contributed by atoms with E-state index in [1.54, 1.807) is 25.3 Å². The molecule has 0 saturated carbocycles. The predicted molar refractivity (Wildman–Crippen MR) is 86.5 cm³/mol. The number of hydrogen-bond donors (Lipinski definition) is 1. The lowest BCUT2D eigenvalue weighted by Gasteiger charge is -2.23. The first kappa shape index (κ1) is 16.0. The molecule has 0 saturated heterocycles. The van der Waals surface area contributed by atoms with Gasteiger partial charge in [0.15, 0.2) is 0 Å². The highest BCUT2D eigenvalue weighted by Crippen LogP contribution is 2.33. The van der Waals surface area contributed by atoms with Crippen molar-refractivity contribution in [1.82, 2.24) is 0 Å². The lowest BCUT2D eigenvalue weighted by molar-refractivity contribution is 0.180. The standard InChI is InChI=1S/C16H17Cl2NO2/c1-10(19)16(11-3-6-13(20-2)7-4-11)21-15-9-12(17)5-8-14(15)18/h3-10,16H,19H2,1-2H3. The maximum atomic E-state index is 6.14. The molecule has 2 unspecified atom stereocenters. The lowest BCUT2D eigenvalue weighted by atomic mass is 10.0. The maximum Gasteiger partial charge on any atom is 0.140 e. The van der Waals surface area contributed by atoms with E-state index in [9.17, 15) is 0 Å². The Hall–Kier alpha value is -1.42. The average molecular weight is 326 g/mol. The first-order chi connectivity index (χ1) is 10.0. The van der Waals surface area contributed by atoms with Gasteiger partial charge >= 0.3 is 0 Å². The van der Waals surface area contributed by atoms with Crippen molar-refractivity contribution in [2.45, 2.75) is 19.1 Å². The predicted octanol–water partition coefficient (Wildman–Crippen LogP) is 4.47. The second kappa shape index (κ2) is 7.03. The molecule has 0 bridgehead atoms. The van der Waals surface area contributed by atoms with Gasteiger partial charge in [0.1, 0.15) is 17.6 Å². The SMILES string of the molecule is COc1ccc(C(Oc2cc(Cl)ccc2Cl)C(C)N)cc1. The van der Waals surface area contributed by atoms with Crippen LogP contribution in [0.5, 0.6) is 11.5 Å². The Morgan fingerprint density at radius 2 is 1.71 bits per heavy atom. The third kappa shape index (κ3) is 4.03. The minimum absolute atomic E-state index is 0.214. The Balaban J connectivity index is 2.28. The lowest BCUT2D eigenvalue weighted by Crippen LogP contribution is -2.29. The van der Waals surface area contributed by atoms with Crippen LogP contribution < -0.4 is 15.2 Å². The molecule has 0 spiro atoms. The van der Waals surface area contributed by atoms with Crippen LogP contribution >= 0.6 is 23.2 Å². The van der Waals surface area contributed by atoms with Crippen molar-refractivity contribution in [3.05, 3.63) is 58.1 Å². The van der Waals surface area contributed by atoms with Gasteiger partial charge in [-0.1, -0.05) is 35.3 Å². The molecule has 112 valence electrons. The minimum atomic E-state index is -0.327. The number of nitrogens with two attached hydrogens (primary N) is 1. The average Bonchev–Trinajstić information content (AvgIpc) is 2.48. The summed E-state index contributed by atoms with van der Waals surface area (Å²) in [5.41, 5.74) is 6.99. The van der Waals surface area contributed by atoms with Crippen molar-refractivity contribution in [2.75, 3.05) is 7.11 Å². The molecule has 0 heterocycles. The normalized spacial score (nSPS) is 13.6. The number of benzene rings is 2. The molecule has 3 nitrogen and oxygen atoms in total. The second-order valence-corrected chi connectivity index (χ2v) is 5.59. The summed E-state index contributed by atoms with van der Waals surface area (Å²) in [5, 5.41) is 1.06. The van der Waals surface area contributed by atoms with E-state index >= 15 is 0 Å². The van der Waals surface area contributed by atoms with E-state index in [-0.39, 0.29) is 12.1 Å². The van der Waals surface area contributed by atoms with Crippen molar-refractivity contribution in [1.29, 1.82) is 0 Å². The molecule has 0 aliphatic carbocycles. The molecule has 2 rings (SSSR count). The molecule has 0 aliphatic rings. The van der Waals surface area contributed by atoms with Crippen LogP contribution in [-0.4, -0.2) is 13.2 Å². The molecule has 5 heteroatoms. The fourth-order valence-electron chi connectivity index (χ4n) is 1.98. The van der Waals surface area contributed by atoms with E-state index in [0.29, 0.717) is 15.8 Å². The number of ether oxygens (including phenoxy) is 2. The van der Waals surface area contributed by atoms with Crippen molar-refractivity contribution >= 4 is 23.2 Å². The summed E-state index contributed by atoms with van der Waals surface area (Å²) < 4.78 is 11.1. The second-order valence-electron chi connectivity index (χ2n) is 4.75. The number of rotatable bonds is 5. The summed E-state index contributed by atoms with van der Waals surface area (Å²) >= 11 is 12.1. The van der Waals surface area contributed by atoms with Crippen LogP contribution in [0.4, 0.5) is 0 Å². The first-order valence-corrected chi connectivity index (χ1v) is 7.28. The number of halogens is 2. The highest BCUT2D eigenvalue weighted by molar-refractivity contribution is 6.34. The third-order valence-electron chi connectivity index (χ3n) is 3.07. The molecule has 2 aromatic rings. The van der Waals surface area contributed by atoms with E-state index < -0.39 is 0 Å². The summed E-state index contributed by atoms with van der Waals surface area (Å²) in [6.07, 6.45) is -0.327. The fraction of sp³-hybridized carbons (Fsp3) is 0.250. The van der Waals surface area contributed by atoms with E-state index in [1.165, 1.54) is 0 Å². The summed E-state index contributed by atoms with van der Waals surface area (Å²) in [7, 11) is 1.63. The Morgan fingerprint density at radius 3 is 2.29 bits per heavy atom. The molecule has 2 N–H and O–H groups in total. The quantitative estimate of drug-likeness (QED) is 0.882. The van der Waals surface area contributed by atoms with Crippen LogP contribution in [0.2, 0.25) is 10.0 Å². The van der Waals surface area contributed by atoms with E-state index in [2.05, 4.69) is 0 Å². The molecular weight excluding hydrogens is 309 g/mol. The Morgan fingerprint density at radius 1 is 1.05 bits per heavy atom. The van der Waals surface area contributed by atoms with Gasteiger partial charge in [0.25, 0.3) is 0 Å². The molecule has 2 aromatic carbocycles. The van der Waals surface area contributed by atoms with Crippen molar-refractivity contribution in [3.63, 3.8) is 0 Å². The van der Waals surface area contributed by atoms with Gasteiger partial charge in [0, 0.05) is 17.1 Å². The number of methoxy groups -OCH3 is 1. The van der Waals surface area contributed by atoms with Gasteiger partial charge in [0.2, 0.25) is 0 Å². The van der Waals surface area contributed by atoms with Crippen LogP contribution in [0.15, 0.2) is 42.5 Å². The molecule has 0 amide bonds. The first-order valence-electron chi connectivity index (χ1n) is 6.52. The van der Waals surface area contributed by atoms with Gasteiger partial charge in [-0.05, 0) is 36.8 Å². The van der Waals surface area contributed by atoms with Gasteiger partial charge < -0.3 is 15.2 Å². The van der Waals surface area contributed by atoms with Gasteiger partial charge in [-0.15, -0.1) is 0 Å². The van der Waals surface area contributed by atoms with Gasteiger partial charge in [-0.25, -0.2) is 0 Å². The van der Waals surface area contributed by atoms with Crippen LogP contribution in [0.25, 0.3) is 0 Å². The summed E-state index contributed by atoms with van der Waals surface area (Å²) in [6, 6.07) is 12.5. The number of hydrogen-bond acceptors (Lipinski definition) is 3. The van der Waals surface area contributed by atoms with Gasteiger partial charge in [0.05, 0.1) is 12.1 Å². The van der Waals surface area contributed by atoms with E-state index in [0.717, 1.165) is 11.3 Å². The zero-order chi connectivity index (χ0) is 15.4. The largest absolute Gasteiger partial charge is 0.497 e. The van der Waals surface area contributed by atoms with Gasteiger partial charge in [-0.2, -0.15) is 0 Å². The molecular formula is C16H17Cl2NO2. The van der Waals surface area contributed by atoms with Crippen molar-refractivity contribution in [2.24, 2.45) is 5.73 Å². The van der Waals surface area contributed by atoms with Crippen molar-refractivity contribution < 1.29 is 9.47 Å². The Kier molecular flexibility index (Phi) is 5.34. The summed E-state index contributed by atoms with van der Waals surface area (Å²) in [6.45, 7) is 1.88. The zero-order valence-electron chi connectivity index (χ0n) is 11.8. The van der Waals surface area contributed by atoms with Crippen LogP contribution in [-0.2, 0) is 0 Å². The maximum absolute atomic E-state index is 6.14. The van der Waals surface area contributed by atoms with Gasteiger partial charge in [-0.3, -0.25) is 0 Å². The molecule has 21 heavy (non-hydrogen) atoms. The minimum Gasteiger partial charge on any atom is -0.497 e. The molecule has 0 aromatic heterocycles. The Labute approximate surface area is 134 Å². The van der Waals surface area contributed by atoms with Crippen molar-refractivity contribution in [3.8, 4) is 11.5 Å². The summed E-state index contributed by atoms with van der Waals surface area (Å²) in [4.78, 5) is 0. The monoisotopic (exact) mass is 325 g/mol. The third-order valence-corrected chi connectivity index (χ3v) is 3.62. The van der Waals surface area contributed by atoms with Crippen LogP contribution in [0, 0.1) is 0 Å². The fourth-order valence-corrected chi connectivity index (χ4v) is 2.30. The van der Waals surface area contributed by atoms with Crippen LogP contribution in [0.3, 0.4) is 0 Å². The van der Waals surface area contributed by atoms with E-state index in [4.69, 9.17) is 38.4 Å². The Bertz CT molecular complexity index is 600. The molecule has 0 radical (unpaired) electrons. The highest BCUT2D eigenvalue weighted by atomic mass is 35.5. The molecule has 0 fully saturated rings. The zero-order valence-corrected chi connectivity index (χ0v) is 13.4. The molecule has 2 atom stereocenters. The molecule has 0 aliphatic heterocycles. The van der Waals surface area contributed by atoms with E-state index in [1.807, 2.05) is 31.2 Å². The highest BCUT2D eigenvalue weighted by Gasteiger charge is 2.19.